The Bertz CT molecular complexity index is 740. The van der Waals surface area contributed by atoms with E-state index in [9.17, 15) is 4.79 Å². The van der Waals surface area contributed by atoms with Gasteiger partial charge >= 0.3 is 0 Å². The fourth-order valence-corrected chi connectivity index (χ4v) is 2.80. The number of carbonyl (C=O) groups excluding carboxylic acids is 1. The molecule has 0 aliphatic rings. The standard InChI is InChI=1S/C22H32N4O4/c1-24-21-16-19(3-2-18(21)6-9-27)20-4-5-22(26-17-20)25-8-11-29-13-15-30-14-12-28-10-7-23/h2-5,9,16-17,24H,6-8,10-15,23H2,1H3,(H,25,26). The summed E-state index contributed by atoms with van der Waals surface area (Å²) in [5.74, 6) is 0.794. The van der Waals surface area contributed by atoms with Gasteiger partial charge in [0.1, 0.15) is 12.1 Å². The highest BCUT2D eigenvalue weighted by Gasteiger charge is 2.05. The first-order chi connectivity index (χ1) is 14.8. The van der Waals surface area contributed by atoms with Crippen LogP contribution in [0.4, 0.5) is 11.5 Å². The molecule has 8 nitrogen and oxygen atoms in total. The van der Waals surface area contributed by atoms with E-state index >= 15 is 0 Å². The fraction of sp³-hybridized carbons (Fsp3) is 0.455. The molecule has 0 spiro atoms. The third-order valence-electron chi connectivity index (χ3n) is 4.34. The van der Waals surface area contributed by atoms with Crippen molar-refractivity contribution in [1.82, 2.24) is 4.98 Å². The Hall–Kier alpha value is -2.52. The second-order valence-electron chi connectivity index (χ2n) is 6.48. The predicted molar refractivity (Wildman–Crippen MR) is 119 cm³/mol. The van der Waals surface area contributed by atoms with Crippen LogP contribution in [0.3, 0.4) is 0 Å². The number of ether oxygens (including phenoxy) is 3. The SMILES string of the molecule is CNc1cc(-c2ccc(NCCOCCOCCOCCN)nc2)ccc1CC=O. The Labute approximate surface area is 178 Å². The minimum atomic E-state index is 0.398. The molecule has 1 aromatic carbocycles. The lowest BCUT2D eigenvalue weighted by atomic mass is 10.0. The van der Waals surface area contributed by atoms with E-state index in [4.69, 9.17) is 19.9 Å². The minimum Gasteiger partial charge on any atom is -0.388 e. The van der Waals surface area contributed by atoms with E-state index in [1.165, 1.54) is 0 Å². The number of nitrogens with zero attached hydrogens (tertiary/aromatic N) is 1. The Morgan fingerprint density at radius 3 is 2.30 bits per heavy atom. The summed E-state index contributed by atoms with van der Waals surface area (Å²) in [6.07, 6.45) is 3.14. The number of hydrogen-bond acceptors (Lipinski definition) is 8. The molecule has 0 atom stereocenters. The van der Waals surface area contributed by atoms with Gasteiger partial charge in [-0.3, -0.25) is 0 Å². The average Bonchev–Trinajstić information content (AvgIpc) is 2.78. The van der Waals surface area contributed by atoms with Crippen molar-refractivity contribution in [3.05, 3.63) is 42.1 Å². The van der Waals surface area contributed by atoms with Crippen LogP contribution in [0.25, 0.3) is 11.1 Å². The summed E-state index contributed by atoms with van der Waals surface area (Å²) in [5.41, 5.74) is 9.32. The van der Waals surface area contributed by atoms with Gasteiger partial charge in [-0.05, 0) is 29.3 Å². The molecule has 0 radical (unpaired) electrons. The van der Waals surface area contributed by atoms with Crippen LogP contribution in [-0.2, 0) is 25.4 Å². The Morgan fingerprint density at radius 1 is 0.967 bits per heavy atom. The van der Waals surface area contributed by atoms with Gasteiger partial charge < -0.3 is 35.4 Å². The highest BCUT2D eigenvalue weighted by molar-refractivity contribution is 5.72. The van der Waals surface area contributed by atoms with Gasteiger partial charge in [0.15, 0.2) is 0 Å². The molecule has 0 saturated heterocycles. The van der Waals surface area contributed by atoms with Crippen molar-refractivity contribution in [3.63, 3.8) is 0 Å². The van der Waals surface area contributed by atoms with Crippen LogP contribution in [-0.4, -0.2) is 71.0 Å². The van der Waals surface area contributed by atoms with Crippen LogP contribution in [0.2, 0.25) is 0 Å². The van der Waals surface area contributed by atoms with Crippen LogP contribution in [0, 0.1) is 0 Å². The molecule has 1 heterocycles. The predicted octanol–water partition coefficient (Wildman–Crippen LogP) is 1.95. The van der Waals surface area contributed by atoms with E-state index in [-0.39, 0.29) is 0 Å². The third kappa shape index (κ3) is 8.46. The molecular formula is C22H32N4O4. The summed E-state index contributed by atoms with van der Waals surface area (Å²) in [6.45, 7) is 4.51. The number of benzene rings is 1. The summed E-state index contributed by atoms with van der Waals surface area (Å²) in [4.78, 5) is 15.2. The van der Waals surface area contributed by atoms with E-state index in [0.29, 0.717) is 59.2 Å². The van der Waals surface area contributed by atoms with E-state index in [1.54, 1.807) is 0 Å². The maximum atomic E-state index is 10.8. The molecule has 164 valence electrons. The number of nitrogens with two attached hydrogens (primary N) is 1. The molecule has 8 heteroatoms. The number of pyridine rings is 1. The zero-order valence-electron chi connectivity index (χ0n) is 17.6. The second-order valence-corrected chi connectivity index (χ2v) is 6.48. The van der Waals surface area contributed by atoms with Gasteiger partial charge in [-0.25, -0.2) is 4.98 Å². The van der Waals surface area contributed by atoms with E-state index in [2.05, 4.69) is 15.6 Å². The van der Waals surface area contributed by atoms with Gasteiger partial charge in [0.05, 0.1) is 39.6 Å². The average molecular weight is 417 g/mol. The van der Waals surface area contributed by atoms with Gasteiger partial charge in [0.2, 0.25) is 0 Å². The van der Waals surface area contributed by atoms with Gasteiger partial charge in [-0.15, -0.1) is 0 Å². The number of rotatable bonds is 16. The molecule has 4 N–H and O–H groups in total. The first-order valence-electron chi connectivity index (χ1n) is 10.2. The van der Waals surface area contributed by atoms with Gasteiger partial charge in [-0.2, -0.15) is 0 Å². The first kappa shape index (κ1) is 23.8. The fourth-order valence-electron chi connectivity index (χ4n) is 2.80. The number of aldehydes is 1. The Balaban J connectivity index is 1.67. The maximum Gasteiger partial charge on any atom is 0.125 e. The minimum absolute atomic E-state index is 0.398. The summed E-state index contributed by atoms with van der Waals surface area (Å²) >= 11 is 0. The quantitative estimate of drug-likeness (QED) is 0.282. The van der Waals surface area contributed by atoms with Crippen molar-refractivity contribution < 1.29 is 19.0 Å². The highest BCUT2D eigenvalue weighted by Crippen LogP contribution is 2.26. The molecule has 0 saturated carbocycles. The monoisotopic (exact) mass is 416 g/mol. The van der Waals surface area contributed by atoms with Crippen LogP contribution in [0.5, 0.6) is 0 Å². The number of anilines is 2. The summed E-state index contributed by atoms with van der Waals surface area (Å²) in [5, 5.41) is 6.38. The van der Waals surface area contributed by atoms with E-state index in [1.807, 2.05) is 43.6 Å². The number of hydrogen-bond donors (Lipinski definition) is 3. The van der Waals surface area contributed by atoms with E-state index < -0.39 is 0 Å². The lowest BCUT2D eigenvalue weighted by molar-refractivity contribution is -0.107. The maximum absolute atomic E-state index is 10.8. The summed E-state index contributed by atoms with van der Waals surface area (Å²) in [7, 11) is 1.85. The van der Waals surface area contributed by atoms with Crippen molar-refractivity contribution in [3.8, 4) is 11.1 Å². The van der Waals surface area contributed by atoms with Crippen molar-refractivity contribution in [2.75, 3.05) is 70.4 Å². The molecule has 2 aromatic rings. The van der Waals surface area contributed by atoms with Crippen LogP contribution >= 0.6 is 0 Å². The van der Waals surface area contributed by atoms with Crippen LogP contribution < -0.4 is 16.4 Å². The Kier molecular flexibility index (Phi) is 11.5. The molecule has 0 aliphatic carbocycles. The lowest BCUT2D eigenvalue weighted by Crippen LogP contribution is -2.15. The largest absolute Gasteiger partial charge is 0.388 e. The molecule has 0 amide bonds. The zero-order valence-corrected chi connectivity index (χ0v) is 17.6. The van der Waals surface area contributed by atoms with Crippen molar-refractivity contribution >= 4 is 17.8 Å². The number of aromatic nitrogens is 1. The second kappa shape index (κ2) is 14.5. The molecule has 0 fully saturated rings. The highest BCUT2D eigenvalue weighted by atomic mass is 16.5. The summed E-state index contributed by atoms with van der Waals surface area (Å²) in [6, 6.07) is 9.96. The van der Waals surface area contributed by atoms with Crippen molar-refractivity contribution in [2.24, 2.45) is 5.73 Å². The first-order valence-corrected chi connectivity index (χ1v) is 10.2. The van der Waals surface area contributed by atoms with Crippen LogP contribution in [0.15, 0.2) is 36.5 Å². The van der Waals surface area contributed by atoms with Crippen molar-refractivity contribution in [2.45, 2.75) is 6.42 Å². The Morgan fingerprint density at radius 2 is 1.67 bits per heavy atom. The van der Waals surface area contributed by atoms with E-state index in [0.717, 1.165) is 34.5 Å². The smallest absolute Gasteiger partial charge is 0.125 e. The molecule has 0 aliphatic heterocycles. The number of carbonyl (C=O) groups is 1. The van der Waals surface area contributed by atoms with Gasteiger partial charge in [0, 0.05) is 44.0 Å². The van der Waals surface area contributed by atoms with Crippen LogP contribution in [0.1, 0.15) is 5.56 Å². The molecule has 0 bridgehead atoms. The molecule has 0 unspecified atom stereocenters. The number of nitrogens with one attached hydrogen (secondary N) is 2. The normalized spacial score (nSPS) is 10.7. The molecule has 2 rings (SSSR count). The van der Waals surface area contributed by atoms with Gasteiger partial charge in [0.25, 0.3) is 0 Å². The topological polar surface area (TPSA) is 108 Å². The zero-order chi connectivity index (χ0) is 21.4. The third-order valence-corrected chi connectivity index (χ3v) is 4.34. The van der Waals surface area contributed by atoms with Gasteiger partial charge in [-0.1, -0.05) is 12.1 Å². The summed E-state index contributed by atoms with van der Waals surface area (Å²) < 4.78 is 16.1. The molecular weight excluding hydrogens is 384 g/mol. The molecule has 30 heavy (non-hydrogen) atoms. The molecule has 1 aromatic heterocycles. The van der Waals surface area contributed by atoms with Crippen molar-refractivity contribution in [1.29, 1.82) is 0 Å². The lowest BCUT2D eigenvalue weighted by Gasteiger charge is -2.11.